The van der Waals surface area contributed by atoms with Crippen LogP contribution in [0.4, 0.5) is 8.78 Å². The summed E-state index contributed by atoms with van der Waals surface area (Å²) in [6, 6.07) is 0.615. The first-order chi connectivity index (χ1) is 6.43. The minimum atomic E-state index is -3.09. The van der Waals surface area contributed by atoms with Gasteiger partial charge in [0.25, 0.3) is 12.0 Å². The second kappa shape index (κ2) is 3.44. The van der Waals surface area contributed by atoms with E-state index >= 15 is 0 Å². The molecule has 0 aliphatic heterocycles. The van der Waals surface area contributed by atoms with E-state index in [1.54, 1.807) is 4.98 Å². The van der Waals surface area contributed by atoms with Crippen LogP contribution in [-0.4, -0.2) is 16.0 Å². The maximum atomic E-state index is 12.3. The first kappa shape index (κ1) is 10.2. The molecular weight excluding hydrogens is 198 g/mol. The molecule has 0 aliphatic rings. The van der Waals surface area contributed by atoms with Gasteiger partial charge < -0.3 is 10.8 Å². The molecule has 0 unspecified atom stereocenters. The van der Waals surface area contributed by atoms with Crippen molar-refractivity contribution in [3.05, 3.63) is 27.5 Å². The summed E-state index contributed by atoms with van der Waals surface area (Å²) in [6.07, 6.45) is -3.09. The molecule has 76 valence electrons. The number of primary amides is 1. The highest BCUT2D eigenvalue weighted by molar-refractivity contribution is 5.94. The molecule has 0 bridgehead atoms. The molecule has 1 aromatic heterocycles. The summed E-state index contributed by atoms with van der Waals surface area (Å²) in [6.45, 7) is 0. The number of pyridine rings is 1. The van der Waals surface area contributed by atoms with Crippen LogP contribution in [0.2, 0.25) is 0 Å². The molecular formula is C7H6F2N2O3. The third-order valence-corrected chi connectivity index (χ3v) is 1.55. The molecule has 1 rings (SSSR count). The molecule has 0 atom stereocenters. The van der Waals surface area contributed by atoms with Gasteiger partial charge in [-0.15, -0.1) is 0 Å². The zero-order valence-corrected chi connectivity index (χ0v) is 6.75. The molecule has 1 amide bonds. The lowest BCUT2D eigenvalue weighted by molar-refractivity contribution is 0.0982. The van der Waals surface area contributed by atoms with Gasteiger partial charge in [0.1, 0.15) is 0 Å². The van der Waals surface area contributed by atoms with Gasteiger partial charge in [-0.05, 0) is 0 Å². The highest BCUT2D eigenvalue weighted by Gasteiger charge is 2.22. The number of hydrogen-bond acceptors (Lipinski definition) is 3. The number of hydrogen-bond donors (Lipinski definition) is 3. The van der Waals surface area contributed by atoms with Crippen LogP contribution in [0.3, 0.4) is 0 Å². The van der Waals surface area contributed by atoms with Crippen LogP contribution in [0, 0.1) is 0 Å². The monoisotopic (exact) mass is 204 g/mol. The summed E-state index contributed by atoms with van der Waals surface area (Å²) in [5, 5.41) is 8.95. The van der Waals surface area contributed by atoms with Crippen molar-refractivity contribution in [3.8, 4) is 5.88 Å². The van der Waals surface area contributed by atoms with E-state index in [1.165, 1.54) is 0 Å². The highest BCUT2D eigenvalue weighted by Crippen LogP contribution is 2.27. The molecule has 0 fully saturated rings. The molecule has 0 aromatic carbocycles. The Kier molecular flexibility index (Phi) is 2.50. The quantitative estimate of drug-likeness (QED) is 0.638. The normalized spacial score (nSPS) is 10.5. The number of rotatable bonds is 2. The van der Waals surface area contributed by atoms with E-state index in [9.17, 15) is 18.4 Å². The molecule has 5 nitrogen and oxygen atoms in total. The fraction of sp³-hybridized carbons (Fsp3) is 0.143. The number of amides is 1. The lowest BCUT2D eigenvalue weighted by Gasteiger charge is -2.06. The minimum Gasteiger partial charge on any atom is -0.494 e. The number of alkyl halides is 2. The van der Waals surface area contributed by atoms with Crippen LogP contribution in [0.5, 0.6) is 5.88 Å². The number of aromatic hydroxyl groups is 1. The van der Waals surface area contributed by atoms with E-state index in [0.29, 0.717) is 6.07 Å². The second-order valence-corrected chi connectivity index (χ2v) is 2.47. The van der Waals surface area contributed by atoms with Crippen LogP contribution in [0.15, 0.2) is 10.9 Å². The van der Waals surface area contributed by atoms with E-state index in [1.807, 2.05) is 0 Å². The first-order valence-corrected chi connectivity index (χ1v) is 3.47. The van der Waals surface area contributed by atoms with E-state index in [2.05, 4.69) is 0 Å². The van der Waals surface area contributed by atoms with Gasteiger partial charge in [-0.2, -0.15) is 0 Å². The number of H-pyrrole nitrogens is 1. The van der Waals surface area contributed by atoms with Crippen LogP contribution in [-0.2, 0) is 0 Å². The molecule has 0 aliphatic carbocycles. The Balaban J connectivity index is 3.52. The number of carbonyl (C=O) groups excluding carboxylic acids is 1. The van der Waals surface area contributed by atoms with Gasteiger partial charge in [-0.1, -0.05) is 0 Å². The zero-order chi connectivity index (χ0) is 10.9. The number of aromatic nitrogens is 1. The van der Waals surface area contributed by atoms with Gasteiger partial charge in [-0.3, -0.25) is 14.6 Å². The molecule has 0 saturated carbocycles. The Hall–Kier alpha value is -1.92. The van der Waals surface area contributed by atoms with Gasteiger partial charge >= 0.3 is 0 Å². The first-order valence-electron chi connectivity index (χ1n) is 3.47. The standard InChI is InChI=1S/C7H6F2N2O3/c8-5(9)4-2(6(10)13)1-3(12)11-7(4)14/h1,5H,(H2,10,13)(H2,11,12,14). The lowest BCUT2D eigenvalue weighted by atomic mass is 10.1. The largest absolute Gasteiger partial charge is 0.494 e. The maximum absolute atomic E-state index is 12.3. The van der Waals surface area contributed by atoms with Crippen LogP contribution in [0.1, 0.15) is 22.3 Å². The molecule has 1 aromatic rings. The molecule has 0 radical (unpaired) electrons. The van der Waals surface area contributed by atoms with E-state index < -0.39 is 34.9 Å². The summed E-state index contributed by atoms with van der Waals surface area (Å²) < 4.78 is 24.6. The van der Waals surface area contributed by atoms with Crippen molar-refractivity contribution < 1.29 is 18.7 Å². The fourth-order valence-electron chi connectivity index (χ4n) is 0.981. The highest BCUT2D eigenvalue weighted by atomic mass is 19.3. The van der Waals surface area contributed by atoms with Gasteiger partial charge in [0, 0.05) is 6.07 Å². The van der Waals surface area contributed by atoms with E-state index in [4.69, 9.17) is 10.8 Å². The topological polar surface area (TPSA) is 96.2 Å². The molecule has 14 heavy (non-hydrogen) atoms. The SMILES string of the molecule is NC(=O)c1cc(=O)[nH]c(O)c1C(F)F. The molecule has 0 saturated heterocycles. The number of nitrogens with two attached hydrogens (primary N) is 1. The van der Waals surface area contributed by atoms with Gasteiger partial charge in [0.15, 0.2) is 0 Å². The van der Waals surface area contributed by atoms with Crippen molar-refractivity contribution >= 4 is 5.91 Å². The number of halogens is 2. The average Bonchev–Trinajstić information content (AvgIpc) is 2.01. The Morgan fingerprint density at radius 3 is 2.57 bits per heavy atom. The summed E-state index contributed by atoms with van der Waals surface area (Å²) in [5.41, 5.74) is 2.24. The van der Waals surface area contributed by atoms with Crippen LogP contribution < -0.4 is 11.3 Å². The van der Waals surface area contributed by atoms with E-state index in [0.717, 1.165) is 0 Å². The van der Waals surface area contributed by atoms with Gasteiger partial charge in [0.2, 0.25) is 11.8 Å². The minimum absolute atomic E-state index is 0.615. The van der Waals surface area contributed by atoms with Crippen molar-refractivity contribution in [3.63, 3.8) is 0 Å². The molecule has 0 spiro atoms. The summed E-state index contributed by atoms with van der Waals surface area (Å²) in [5.74, 6) is -2.23. The molecule has 4 N–H and O–H groups in total. The Bertz CT molecular complexity index is 427. The average molecular weight is 204 g/mol. The Morgan fingerprint density at radius 1 is 1.57 bits per heavy atom. The predicted octanol–water partition coefficient (Wildman–Crippen LogP) is 0.117. The lowest BCUT2D eigenvalue weighted by Crippen LogP contribution is -2.19. The van der Waals surface area contributed by atoms with Crippen molar-refractivity contribution in [2.75, 3.05) is 0 Å². The second-order valence-electron chi connectivity index (χ2n) is 2.47. The van der Waals surface area contributed by atoms with Crippen molar-refractivity contribution in [2.24, 2.45) is 5.73 Å². The summed E-state index contributed by atoms with van der Waals surface area (Å²) in [4.78, 5) is 23.1. The zero-order valence-electron chi connectivity index (χ0n) is 6.75. The van der Waals surface area contributed by atoms with Crippen LogP contribution in [0.25, 0.3) is 0 Å². The Morgan fingerprint density at radius 2 is 2.14 bits per heavy atom. The smallest absolute Gasteiger partial charge is 0.269 e. The summed E-state index contributed by atoms with van der Waals surface area (Å²) >= 11 is 0. The summed E-state index contributed by atoms with van der Waals surface area (Å²) in [7, 11) is 0. The Labute approximate surface area is 76.2 Å². The third-order valence-electron chi connectivity index (χ3n) is 1.55. The number of aromatic amines is 1. The fourth-order valence-corrected chi connectivity index (χ4v) is 0.981. The molecule has 1 heterocycles. The maximum Gasteiger partial charge on any atom is 0.269 e. The van der Waals surface area contributed by atoms with Crippen molar-refractivity contribution in [1.29, 1.82) is 0 Å². The molecule has 7 heteroatoms. The van der Waals surface area contributed by atoms with Gasteiger partial charge in [0.05, 0.1) is 11.1 Å². The predicted molar refractivity (Wildman–Crippen MR) is 42.2 cm³/mol. The van der Waals surface area contributed by atoms with Crippen molar-refractivity contribution in [1.82, 2.24) is 4.98 Å². The third kappa shape index (κ3) is 1.70. The van der Waals surface area contributed by atoms with Crippen LogP contribution >= 0.6 is 0 Å². The van der Waals surface area contributed by atoms with Gasteiger partial charge in [-0.25, -0.2) is 8.78 Å². The van der Waals surface area contributed by atoms with Crippen molar-refractivity contribution in [2.45, 2.75) is 6.43 Å². The number of carbonyl (C=O) groups is 1. The number of nitrogens with one attached hydrogen (secondary N) is 1. The van der Waals surface area contributed by atoms with E-state index in [-0.39, 0.29) is 0 Å².